The summed E-state index contributed by atoms with van der Waals surface area (Å²) in [6.45, 7) is 12.3. The standard InChI is InChI=1S/C28H41N3O3S/c1-27(2,3)26(33)29-23-12-11-20(22(17-23)18-35-28(4,5)6)16-21-14-19(10-13-24(21)34-9)15-25(32)30-31(7)8/h10-14,17H,15-16,18H2,1-9H3,(H,29,33)(H,30,32). The van der Waals surface area contributed by atoms with Crippen LogP contribution < -0.4 is 15.5 Å². The Morgan fingerprint density at radius 3 is 2.20 bits per heavy atom. The topological polar surface area (TPSA) is 70.7 Å². The van der Waals surface area contributed by atoms with Crippen LogP contribution in [0.25, 0.3) is 0 Å². The maximum Gasteiger partial charge on any atom is 0.238 e. The molecule has 0 aliphatic heterocycles. The Bertz CT molecular complexity index is 1040. The van der Waals surface area contributed by atoms with Crippen LogP contribution in [0, 0.1) is 5.41 Å². The van der Waals surface area contributed by atoms with E-state index in [1.54, 1.807) is 26.2 Å². The Morgan fingerprint density at radius 2 is 1.63 bits per heavy atom. The van der Waals surface area contributed by atoms with Crippen molar-refractivity contribution in [3.05, 3.63) is 58.7 Å². The Morgan fingerprint density at radius 1 is 0.943 bits per heavy atom. The molecule has 0 heterocycles. The van der Waals surface area contributed by atoms with E-state index in [4.69, 9.17) is 4.74 Å². The van der Waals surface area contributed by atoms with Crippen LogP contribution in [-0.4, -0.2) is 42.8 Å². The van der Waals surface area contributed by atoms with Crippen molar-refractivity contribution in [1.82, 2.24) is 10.4 Å². The number of hydrogen-bond acceptors (Lipinski definition) is 5. The molecule has 0 spiro atoms. The van der Waals surface area contributed by atoms with Crippen LogP contribution in [0.1, 0.15) is 63.8 Å². The van der Waals surface area contributed by atoms with Gasteiger partial charge < -0.3 is 10.1 Å². The van der Waals surface area contributed by atoms with Gasteiger partial charge in [0.1, 0.15) is 5.75 Å². The molecule has 2 rings (SSSR count). The number of carbonyl (C=O) groups excluding carboxylic acids is 2. The first kappa shape index (κ1) is 28.7. The van der Waals surface area contributed by atoms with Crippen molar-refractivity contribution in [2.24, 2.45) is 5.41 Å². The van der Waals surface area contributed by atoms with Gasteiger partial charge in [0.2, 0.25) is 11.8 Å². The summed E-state index contributed by atoms with van der Waals surface area (Å²) >= 11 is 1.87. The van der Waals surface area contributed by atoms with Gasteiger partial charge in [-0.15, -0.1) is 0 Å². The normalized spacial score (nSPS) is 11.9. The molecule has 0 saturated carbocycles. The molecule has 0 fully saturated rings. The molecule has 35 heavy (non-hydrogen) atoms. The Balaban J connectivity index is 2.38. The van der Waals surface area contributed by atoms with E-state index in [0.29, 0.717) is 12.8 Å². The average molecular weight is 500 g/mol. The number of nitrogens with one attached hydrogen (secondary N) is 2. The van der Waals surface area contributed by atoms with Crippen molar-refractivity contribution in [2.75, 3.05) is 26.5 Å². The number of ether oxygens (including phenoxy) is 1. The average Bonchev–Trinajstić information content (AvgIpc) is 2.72. The lowest BCUT2D eigenvalue weighted by molar-refractivity contribution is -0.124. The smallest absolute Gasteiger partial charge is 0.238 e. The van der Waals surface area contributed by atoms with Crippen molar-refractivity contribution >= 4 is 29.3 Å². The first-order valence-electron chi connectivity index (χ1n) is 11.9. The van der Waals surface area contributed by atoms with E-state index in [9.17, 15) is 9.59 Å². The van der Waals surface area contributed by atoms with Gasteiger partial charge in [0.15, 0.2) is 0 Å². The lowest BCUT2D eigenvalue weighted by Crippen LogP contribution is -2.37. The van der Waals surface area contributed by atoms with E-state index in [1.807, 2.05) is 56.8 Å². The Kier molecular flexibility index (Phi) is 9.81. The van der Waals surface area contributed by atoms with Gasteiger partial charge in [0.25, 0.3) is 0 Å². The van der Waals surface area contributed by atoms with Gasteiger partial charge in [0, 0.05) is 42.1 Å². The summed E-state index contributed by atoms with van der Waals surface area (Å²) in [6.07, 6.45) is 0.958. The highest BCUT2D eigenvalue weighted by Gasteiger charge is 2.22. The molecule has 2 N–H and O–H groups in total. The molecular weight excluding hydrogens is 458 g/mol. The molecule has 0 aliphatic carbocycles. The molecular formula is C28H41N3O3S. The number of benzene rings is 2. The molecule has 0 atom stereocenters. The van der Waals surface area contributed by atoms with Crippen molar-refractivity contribution in [3.8, 4) is 5.75 Å². The van der Waals surface area contributed by atoms with Crippen LogP contribution in [-0.2, 0) is 28.2 Å². The summed E-state index contributed by atoms with van der Waals surface area (Å²) in [6, 6.07) is 12.0. The van der Waals surface area contributed by atoms with Gasteiger partial charge in [0.05, 0.1) is 13.5 Å². The third kappa shape index (κ3) is 9.57. The number of hydrazine groups is 1. The second-order valence-electron chi connectivity index (χ2n) is 11.0. The molecule has 0 aromatic heterocycles. The van der Waals surface area contributed by atoms with Crippen LogP contribution in [0.4, 0.5) is 5.69 Å². The molecule has 0 radical (unpaired) electrons. The van der Waals surface area contributed by atoms with Crippen LogP contribution in [0.15, 0.2) is 36.4 Å². The number of amides is 2. The number of anilines is 1. The Labute approximate surface area is 215 Å². The fourth-order valence-electron chi connectivity index (χ4n) is 3.38. The van der Waals surface area contributed by atoms with Gasteiger partial charge in [-0.3, -0.25) is 15.0 Å². The quantitative estimate of drug-likeness (QED) is 0.450. The SMILES string of the molecule is COc1ccc(CC(=O)NN(C)C)cc1Cc1ccc(NC(=O)C(C)(C)C)cc1CSC(C)(C)C. The van der Waals surface area contributed by atoms with Gasteiger partial charge in [-0.2, -0.15) is 11.8 Å². The van der Waals surface area contributed by atoms with Crippen molar-refractivity contribution in [2.45, 2.75) is 64.9 Å². The first-order valence-corrected chi connectivity index (χ1v) is 12.9. The van der Waals surface area contributed by atoms with E-state index in [-0.39, 0.29) is 16.6 Å². The van der Waals surface area contributed by atoms with Crippen molar-refractivity contribution in [3.63, 3.8) is 0 Å². The minimum absolute atomic E-state index is 0.00922. The van der Waals surface area contributed by atoms with Gasteiger partial charge in [-0.1, -0.05) is 59.7 Å². The highest BCUT2D eigenvalue weighted by Crippen LogP contribution is 2.32. The summed E-state index contributed by atoms with van der Waals surface area (Å²) < 4.78 is 5.75. The van der Waals surface area contributed by atoms with Crippen LogP contribution in [0.5, 0.6) is 5.75 Å². The number of nitrogens with zero attached hydrogens (tertiary/aromatic N) is 1. The number of methoxy groups -OCH3 is 1. The molecule has 2 aromatic rings. The zero-order valence-electron chi connectivity index (χ0n) is 22.7. The van der Waals surface area contributed by atoms with E-state index < -0.39 is 5.41 Å². The van der Waals surface area contributed by atoms with E-state index in [2.05, 4.69) is 43.6 Å². The molecule has 0 aliphatic rings. The molecule has 6 nitrogen and oxygen atoms in total. The minimum Gasteiger partial charge on any atom is -0.496 e. The molecule has 2 amide bonds. The van der Waals surface area contributed by atoms with E-state index in [0.717, 1.165) is 28.3 Å². The van der Waals surface area contributed by atoms with E-state index >= 15 is 0 Å². The molecule has 0 bridgehead atoms. The fourth-order valence-corrected chi connectivity index (χ4v) is 4.24. The number of carbonyl (C=O) groups is 2. The zero-order valence-corrected chi connectivity index (χ0v) is 23.5. The molecule has 0 unspecified atom stereocenters. The van der Waals surface area contributed by atoms with Gasteiger partial charge in [-0.05, 0) is 40.5 Å². The maximum absolute atomic E-state index is 12.5. The zero-order chi connectivity index (χ0) is 26.4. The Hall–Kier alpha value is -2.51. The number of hydrogen-bond donors (Lipinski definition) is 2. The third-order valence-corrected chi connectivity index (χ3v) is 6.57. The fraction of sp³-hybridized carbons (Fsp3) is 0.500. The lowest BCUT2D eigenvalue weighted by atomic mass is 9.95. The second-order valence-corrected chi connectivity index (χ2v) is 12.8. The predicted molar refractivity (Wildman–Crippen MR) is 147 cm³/mol. The summed E-state index contributed by atoms with van der Waals surface area (Å²) in [4.78, 5) is 24.8. The predicted octanol–water partition coefficient (Wildman–Crippen LogP) is 5.44. The van der Waals surface area contributed by atoms with E-state index in [1.165, 1.54) is 11.1 Å². The lowest BCUT2D eigenvalue weighted by Gasteiger charge is -2.21. The van der Waals surface area contributed by atoms with Gasteiger partial charge >= 0.3 is 0 Å². The van der Waals surface area contributed by atoms with Crippen LogP contribution in [0.2, 0.25) is 0 Å². The van der Waals surface area contributed by atoms with Crippen molar-refractivity contribution < 1.29 is 14.3 Å². The molecule has 2 aromatic carbocycles. The minimum atomic E-state index is -0.467. The third-order valence-electron chi connectivity index (χ3n) is 5.24. The molecule has 7 heteroatoms. The van der Waals surface area contributed by atoms with Gasteiger partial charge in [-0.25, -0.2) is 5.01 Å². The molecule has 0 saturated heterocycles. The largest absolute Gasteiger partial charge is 0.496 e. The van der Waals surface area contributed by atoms with Crippen LogP contribution in [0.3, 0.4) is 0 Å². The van der Waals surface area contributed by atoms with Crippen molar-refractivity contribution in [1.29, 1.82) is 0 Å². The number of thioether (sulfide) groups is 1. The molecule has 192 valence electrons. The number of rotatable bonds is 9. The first-order chi connectivity index (χ1) is 16.2. The summed E-state index contributed by atoms with van der Waals surface area (Å²) in [5.41, 5.74) is 7.43. The highest BCUT2D eigenvalue weighted by atomic mass is 32.2. The summed E-state index contributed by atoms with van der Waals surface area (Å²) in [5, 5.41) is 4.70. The maximum atomic E-state index is 12.5. The highest BCUT2D eigenvalue weighted by molar-refractivity contribution is 7.99. The van der Waals surface area contributed by atoms with Crippen LogP contribution >= 0.6 is 11.8 Å². The summed E-state index contributed by atoms with van der Waals surface area (Å²) in [7, 11) is 5.25. The second kappa shape index (κ2) is 12.0. The summed E-state index contributed by atoms with van der Waals surface area (Å²) in [5.74, 6) is 1.55. The monoisotopic (exact) mass is 499 g/mol.